The first-order valence-corrected chi connectivity index (χ1v) is 12.2. The van der Waals surface area contributed by atoms with Gasteiger partial charge in [-0.3, -0.25) is 9.78 Å². The molecule has 1 saturated heterocycles. The number of pyridine rings is 1. The highest BCUT2D eigenvalue weighted by molar-refractivity contribution is 7.80. The van der Waals surface area contributed by atoms with Gasteiger partial charge >= 0.3 is 0 Å². The second kappa shape index (κ2) is 9.97. The Morgan fingerprint density at radius 2 is 1.94 bits per heavy atom. The van der Waals surface area contributed by atoms with E-state index < -0.39 is 0 Å². The topological polar surface area (TPSA) is 62.2 Å². The van der Waals surface area contributed by atoms with E-state index in [0.29, 0.717) is 24.1 Å². The molecule has 1 aliphatic heterocycles. The first-order valence-electron chi connectivity index (χ1n) is 11.8. The second-order valence-corrected chi connectivity index (χ2v) is 9.66. The number of nitrogens with one attached hydrogen (secondary N) is 2. The van der Waals surface area contributed by atoms with E-state index in [9.17, 15) is 4.79 Å². The van der Waals surface area contributed by atoms with E-state index in [0.717, 1.165) is 16.9 Å². The van der Waals surface area contributed by atoms with Gasteiger partial charge in [-0.15, -0.1) is 0 Å². The van der Waals surface area contributed by atoms with Gasteiger partial charge in [-0.25, -0.2) is 0 Å². The van der Waals surface area contributed by atoms with Gasteiger partial charge in [-0.1, -0.05) is 18.2 Å². The number of carbonyl (C=O) groups excluding carboxylic acids is 1. The van der Waals surface area contributed by atoms with Crippen molar-refractivity contribution < 1.29 is 4.79 Å². The Hall–Kier alpha value is -3.19. The SMILES string of the molecule is Cc1cccc(NC(=O)CCN2C(=S)NC(c3ccccn3)C2c2cc(C)n(C(C)C)c2C)c1. The molecule has 2 aromatic heterocycles. The van der Waals surface area contributed by atoms with Crippen molar-refractivity contribution in [2.24, 2.45) is 0 Å². The van der Waals surface area contributed by atoms with Crippen molar-refractivity contribution in [1.29, 1.82) is 0 Å². The molecule has 1 fully saturated rings. The van der Waals surface area contributed by atoms with E-state index in [-0.39, 0.29) is 18.0 Å². The normalized spacial score (nSPS) is 17.8. The number of anilines is 1. The number of aryl methyl sites for hydroxylation is 2. The van der Waals surface area contributed by atoms with Crippen LogP contribution in [0.4, 0.5) is 5.69 Å². The van der Waals surface area contributed by atoms with Gasteiger partial charge in [0.25, 0.3) is 0 Å². The number of aromatic nitrogens is 2. The van der Waals surface area contributed by atoms with Crippen LogP contribution in [0.1, 0.15) is 66.6 Å². The average Bonchev–Trinajstić information content (AvgIpc) is 3.27. The van der Waals surface area contributed by atoms with Gasteiger partial charge in [0, 0.05) is 42.3 Å². The smallest absolute Gasteiger partial charge is 0.226 e. The highest BCUT2D eigenvalue weighted by atomic mass is 32.1. The van der Waals surface area contributed by atoms with Crippen molar-refractivity contribution in [2.75, 3.05) is 11.9 Å². The maximum Gasteiger partial charge on any atom is 0.226 e. The number of rotatable bonds is 7. The van der Waals surface area contributed by atoms with Gasteiger partial charge in [0.05, 0.1) is 17.8 Å². The van der Waals surface area contributed by atoms with Crippen LogP contribution in [0.15, 0.2) is 54.7 Å². The zero-order chi connectivity index (χ0) is 24.4. The summed E-state index contributed by atoms with van der Waals surface area (Å²) < 4.78 is 2.36. The number of thiocarbonyl (C=S) groups is 1. The van der Waals surface area contributed by atoms with Gasteiger partial charge in [-0.05, 0) is 88.3 Å². The molecule has 178 valence electrons. The van der Waals surface area contributed by atoms with Crippen molar-refractivity contribution in [3.63, 3.8) is 0 Å². The Labute approximate surface area is 207 Å². The van der Waals surface area contributed by atoms with E-state index in [4.69, 9.17) is 12.2 Å². The first kappa shape index (κ1) is 24.0. The number of carbonyl (C=O) groups is 1. The van der Waals surface area contributed by atoms with Crippen LogP contribution in [0.5, 0.6) is 0 Å². The Bertz CT molecular complexity index is 1190. The molecule has 1 aromatic carbocycles. The molecule has 1 amide bonds. The molecule has 2 unspecified atom stereocenters. The van der Waals surface area contributed by atoms with E-state index in [1.807, 2.05) is 55.6 Å². The van der Waals surface area contributed by atoms with Crippen LogP contribution in [0.25, 0.3) is 0 Å². The van der Waals surface area contributed by atoms with Gasteiger partial charge in [0.15, 0.2) is 5.11 Å². The van der Waals surface area contributed by atoms with Crippen LogP contribution in [0.2, 0.25) is 0 Å². The predicted molar refractivity (Wildman–Crippen MR) is 141 cm³/mol. The lowest BCUT2D eigenvalue weighted by Crippen LogP contribution is -2.33. The Morgan fingerprint density at radius 1 is 1.15 bits per heavy atom. The quantitative estimate of drug-likeness (QED) is 0.449. The minimum atomic E-state index is -0.0883. The number of benzene rings is 1. The molecule has 0 spiro atoms. The molecule has 4 rings (SSSR count). The molecular formula is C27H33N5OS. The molecule has 6 nitrogen and oxygen atoms in total. The monoisotopic (exact) mass is 475 g/mol. The number of hydrogen-bond acceptors (Lipinski definition) is 3. The highest BCUT2D eigenvalue weighted by Gasteiger charge is 2.41. The highest BCUT2D eigenvalue weighted by Crippen LogP contribution is 2.41. The van der Waals surface area contributed by atoms with E-state index in [2.05, 4.69) is 58.8 Å². The second-order valence-electron chi connectivity index (χ2n) is 9.28. The summed E-state index contributed by atoms with van der Waals surface area (Å²) in [4.78, 5) is 19.6. The zero-order valence-electron chi connectivity index (χ0n) is 20.5. The summed E-state index contributed by atoms with van der Waals surface area (Å²) in [5.41, 5.74) is 6.53. The molecule has 0 aliphatic carbocycles. The Kier molecular flexibility index (Phi) is 7.03. The maximum absolute atomic E-state index is 12.8. The summed E-state index contributed by atoms with van der Waals surface area (Å²) in [6.45, 7) is 11.2. The van der Waals surface area contributed by atoms with Crippen molar-refractivity contribution in [1.82, 2.24) is 19.8 Å². The third-order valence-corrected chi connectivity index (χ3v) is 6.79. The first-order chi connectivity index (χ1) is 16.3. The van der Waals surface area contributed by atoms with Crippen LogP contribution in [-0.2, 0) is 4.79 Å². The summed E-state index contributed by atoms with van der Waals surface area (Å²) >= 11 is 5.78. The standard InChI is InChI=1S/C27H33N5OS/c1-17(2)32-19(4)16-22(20(32)5)26-25(23-11-6-7-13-28-23)30-27(34)31(26)14-12-24(33)29-21-10-8-9-18(3)15-21/h6-11,13,15-17,25-26H,12,14H2,1-5H3,(H,29,33)(H,30,34). The molecular weight excluding hydrogens is 442 g/mol. The molecule has 2 atom stereocenters. The summed E-state index contributed by atoms with van der Waals surface area (Å²) in [7, 11) is 0. The Morgan fingerprint density at radius 3 is 2.59 bits per heavy atom. The van der Waals surface area contributed by atoms with Crippen LogP contribution in [0.3, 0.4) is 0 Å². The van der Waals surface area contributed by atoms with Crippen molar-refractivity contribution in [3.8, 4) is 0 Å². The maximum atomic E-state index is 12.8. The zero-order valence-corrected chi connectivity index (χ0v) is 21.3. The number of hydrogen-bond donors (Lipinski definition) is 2. The van der Waals surface area contributed by atoms with Crippen molar-refractivity contribution >= 4 is 28.9 Å². The molecule has 0 saturated carbocycles. The average molecular weight is 476 g/mol. The van der Waals surface area contributed by atoms with Crippen molar-refractivity contribution in [2.45, 2.75) is 59.2 Å². The molecule has 7 heteroatoms. The molecule has 3 heterocycles. The summed E-state index contributed by atoms with van der Waals surface area (Å²) in [5.74, 6) is -0.0268. The van der Waals surface area contributed by atoms with Gasteiger partial charge in [-0.2, -0.15) is 0 Å². The molecule has 34 heavy (non-hydrogen) atoms. The lowest BCUT2D eigenvalue weighted by atomic mass is 9.96. The largest absolute Gasteiger partial charge is 0.352 e. The fourth-order valence-corrected chi connectivity index (χ4v) is 5.38. The predicted octanol–water partition coefficient (Wildman–Crippen LogP) is 5.39. The van der Waals surface area contributed by atoms with E-state index in [1.54, 1.807) is 0 Å². The summed E-state index contributed by atoms with van der Waals surface area (Å²) in [5, 5.41) is 7.15. The third kappa shape index (κ3) is 4.85. The van der Waals surface area contributed by atoms with Crippen molar-refractivity contribution in [3.05, 3.63) is 82.9 Å². The van der Waals surface area contributed by atoms with Crippen LogP contribution < -0.4 is 10.6 Å². The van der Waals surface area contributed by atoms with Crippen LogP contribution >= 0.6 is 12.2 Å². The van der Waals surface area contributed by atoms with E-state index >= 15 is 0 Å². The van der Waals surface area contributed by atoms with Crippen LogP contribution in [0, 0.1) is 20.8 Å². The summed E-state index contributed by atoms with van der Waals surface area (Å²) in [6.07, 6.45) is 2.15. The molecule has 2 N–H and O–H groups in total. The molecule has 0 bridgehead atoms. The molecule has 1 aliphatic rings. The van der Waals surface area contributed by atoms with E-state index in [1.165, 1.54) is 17.0 Å². The number of nitrogens with zero attached hydrogens (tertiary/aromatic N) is 3. The summed E-state index contributed by atoms with van der Waals surface area (Å²) in [6, 6.07) is 16.3. The lowest BCUT2D eigenvalue weighted by Gasteiger charge is -2.28. The minimum Gasteiger partial charge on any atom is -0.352 e. The van der Waals surface area contributed by atoms with Gasteiger partial charge in [0.1, 0.15) is 0 Å². The van der Waals surface area contributed by atoms with Gasteiger partial charge in [0.2, 0.25) is 5.91 Å². The molecule has 0 radical (unpaired) electrons. The minimum absolute atomic E-state index is 0.0268. The lowest BCUT2D eigenvalue weighted by molar-refractivity contribution is -0.116. The third-order valence-electron chi connectivity index (χ3n) is 6.44. The Balaban J connectivity index is 1.62. The van der Waals surface area contributed by atoms with Gasteiger partial charge < -0.3 is 20.1 Å². The fourth-order valence-electron chi connectivity index (χ4n) is 5.05. The fraction of sp³-hybridized carbons (Fsp3) is 0.370. The van der Waals surface area contributed by atoms with Crippen LogP contribution in [-0.4, -0.2) is 32.0 Å². The molecule has 3 aromatic rings. The number of amides is 1.